The van der Waals surface area contributed by atoms with Gasteiger partial charge in [0.05, 0.1) is 4.91 Å². The summed E-state index contributed by atoms with van der Waals surface area (Å²) in [6.07, 6.45) is 1.90. The average molecular weight is 355 g/mol. The molecule has 0 radical (unpaired) electrons. The molecule has 2 aromatic rings. The fraction of sp³-hybridized carbons (Fsp3) is 0.158. The maximum atomic E-state index is 12.3. The van der Waals surface area contributed by atoms with E-state index in [0.29, 0.717) is 15.8 Å². The van der Waals surface area contributed by atoms with Gasteiger partial charge in [-0.1, -0.05) is 54.3 Å². The van der Waals surface area contributed by atoms with E-state index in [9.17, 15) is 4.79 Å². The van der Waals surface area contributed by atoms with Crippen molar-refractivity contribution in [2.45, 2.75) is 6.92 Å². The van der Waals surface area contributed by atoms with Crippen LogP contribution in [0.25, 0.3) is 6.08 Å². The number of benzene rings is 2. The number of carbonyl (C=O) groups excluding carboxylic acids is 1. The Bertz CT molecular complexity index is 785. The van der Waals surface area contributed by atoms with Crippen LogP contribution in [-0.2, 0) is 4.79 Å². The second-order valence-electron chi connectivity index (χ2n) is 5.41. The standard InChI is InChI=1S/C19H18N2OS2/c1-3-21-18(22)17(24-19(21)23)13-14-9-11-16(12-10-14)20(2)15-7-5-4-6-8-15/h4-13H,3H2,1-2H3/b17-13-. The zero-order valence-electron chi connectivity index (χ0n) is 13.6. The van der Waals surface area contributed by atoms with Gasteiger partial charge in [-0.2, -0.15) is 0 Å². The lowest BCUT2D eigenvalue weighted by Crippen LogP contribution is -2.27. The first-order valence-electron chi connectivity index (χ1n) is 7.74. The number of likely N-dealkylation sites (N-methyl/N-ethyl adjacent to an activating group) is 1. The average Bonchev–Trinajstić information content (AvgIpc) is 2.88. The number of nitrogens with zero attached hydrogens (tertiary/aromatic N) is 2. The first-order chi connectivity index (χ1) is 11.6. The molecule has 0 aliphatic carbocycles. The molecule has 0 unspecified atom stereocenters. The van der Waals surface area contributed by atoms with Crippen LogP contribution in [0.2, 0.25) is 0 Å². The van der Waals surface area contributed by atoms with Crippen molar-refractivity contribution >= 4 is 51.7 Å². The topological polar surface area (TPSA) is 23.6 Å². The van der Waals surface area contributed by atoms with Gasteiger partial charge in [0.1, 0.15) is 4.32 Å². The van der Waals surface area contributed by atoms with Gasteiger partial charge in [-0.05, 0) is 42.8 Å². The predicted octanol–water partition coefficient (Wildman–Crippen LogP) is 4.68. The van der Waals surface area contributed by atoms with Crippen LogP contribution >= 0.6 is 24.0 Å². The van der Waals surface area contributed by atoms with Gasteiger partial charge in [-0.3, -0.25) is 9.69 Å². The van der Waals surface area contributed by atoms with Crippen molar-refractivity contribution in [3.63, 3.8) is 0 Å². The maximum absolute atomic E-state index is 12.3. The normalized spacial score (nSPS) is 16.1. The number of carbonyl (C=O) groups is 1. The highest BCUT2D eigenvalue weighted by molar-refractivity contribution is 8.26. The zero-order chi connectivity index (χ0) is 17.1. The molecule has 24 heavy (non-hydrogen) atoms. The summed E-state index contributed by atoms with van der Waals surface area (Å²) in [6, 6.07) is 18.4. The van der Waals surface area contributed by atoms with E-state index in [1.165, 1.54) is 11.8 Å². The predicted molar refractivity (Wildman–Crippen MR) is 107 cm³/mol. The monoisotopic (exact) mass is 354 g/mol. The molecular weight excluding hydrogens is 336 g/mol. The molecular formula is C19H18N2OS2. The van der Waals surface area contributed by atoms with Crippen molar-refractivity contribution in [3.05, 3.63) is 65.1 Å². The van der Waals surface area contributed by atoms with Gasteiger partial charge in [-0.15, -0.1) is 0 Å². The molecule has 122 valence electrons. The van der Waals surface area contributed by atoms with Gasteiger partial charge in [0.15, 0.2) is 0 Å². The van der Waals surface area contributed by atoms with E-state index < -0.39 is 0 Å². The molecule has 1 heterocycles. The molecule has 1 amide bonds. The third-order valence-corrected chi connectivity index (χ3v) is 5.29. The summed E-state index contributed by atoms with van der Waals surface area (Å²) >= 11 is 6.61. The molecule has 1 aliphatic rings. The number of rotatable bonds is 4. The van der Waals surface area contributed by atoms with Gasteiger partial charge in [0.2, 0.25) is 0 Å². The quantitative estimate of drug-likeness (QED) is 0.588. The lowest BCUT2D eigenvalue weighted by molar-refractivity contribution is -0.121. The van der Waals surface area contributed by atoms with Gasteiger partial charge in [0, 0.05) is 25.0 Å². The number of thiocarbonyl (C=S) groups is 1. The number of para-hydroxylation sites is 1. The molecule has 2 aromatic carbocycles. The third kappa shape index (κ3) is 3.37. The van der Waals surface area contributed by atoms with E-state index in [1.54, 1.807) is 4.90 Å². The first kappa shape index (κ1) is 16.7. The molecule has 3 nitrogen and oxygen atoms in total. The number of thioether (sulfide) groups is 1. The van der Waals surface area contributed by atoms with Crippen molar-refractivity contribution < 1.29 is 4.79 Å². The molecule has 0 spiro atoms. The van der Waals surface area contributed by atoms with Gasteiger partial charge in [0.25, 0.3) is 5.91 Å². The lowest BCUT2D eigenvalue weighted by Gasteiger charge is -2.19. The Morgan fingerprint density at radius 1 is 1.08 bits per heavy atom. The highest BCUT2D eigenvalue weighted by Gasteiger charge is 2.30. The fourth-order valence-electron chi connectivity index (χ4n) is 2.52. The van der Waals surface area contributed by atoms with Crippen LogP contribution in [0.1, 0.15) is 12.5 Å². The van der Waals surface area contributed by atoms with Crippen LogP contribution in [0, 0.1) is 0 Å². The van der Waals surface area contributed by atoms with Crippen LogP contribution < -0.4 is 4.90 Å². The molecule has 0 N–H and O–H groups in total. The summed E-state index contributed by atoms with van der Waals surface area (Å²) in [6.45, 7) is 2.55. The van der Waals surface area contributed by atoms with Crippen LogP contribution in [0.15, 0.2) is 59.5 Å². The van der Waals surface area contributed by atoms with Crippen LogP contribution in [0.5, 0.6) is 0 Å². The summed E-state index contributed by atoms with van der Waals surface area (Å²) in [4.78, 5) is 16.7. The van der Waals surface area contributed by atoms with Crippen LogP contribution in [-0.4, -0.2) is 28.7 Å². The zero-order valence-corrected chi connectivity index (χ0v) is 15.2. The minimum Gasteiger partial charge on any atom is -0.345 e. The van der Waals surface area contributed by atoms with E-state index in [1.807, 2.05) is 50.4 Å². The first-order valence-corrected chi connectivity index (χ1v) is 8.97. The summed E-state index contributed by atoms with van der Waals surface area (Å²) in [5.41, 5.74) is 3.23. The van der Waals surface area contributed by atoms with Crippen molar-refractivity contribution in [1.29, 1.82) is 0 Å². The van der Waals surface area contributed by atoms with E-state index in [0.717, 1.165) is 16.9 Å². The van der Waals surface area contributed by atoms with Crippen LogP contribution in [0.3, 0.4) is 0 Å². The highest BCUT2D eigenvalue weighted by atomic mass is 32.2. The molecule has 1 saturated heterocycles. The summed E-state index contributed by atoms with van der Waals surface area (Å²) < 4.78 is 0.634. The molecule has 0 saturated carbocycles. The fourth-order valence-corrected chi connectivity index (χ4v) is 3.90. The largest absolute Gasteiger partial charge is 0.345 e. The molecule has 1 aliphatic heterocycles. The lowest BCUT2D eigenvalue weighted by atomic mass is 10.1. The van der Waals surface area contributed by atoms with Crippen molar-refractivity contribution in [2.75, 3.05) is 18.5 Å². The minimum absolute atomic E-state index is 0.00187. The highest BCUT2D eigenvalue weighted by Crippen LogP contribution is 2.32. The second-order valence-corrected chi connectivity index (χ2v) is 7.09. The molecule has 3 rings (SSSR count). The van der Waals surface area contributed by atoms with E-state index in [-0.39, 0.29) is 5.91 Å². The molecule has 0 atom stereocenters. The summed E-state index contributed by atoms with van der Waals surface area (Å²) in [7, 11) is 2.04. The Labute approximate surface area is 152 Å². The Hall–Kier alpha value is -2.11. The van der Waals surface area contributed by atoms with Gasteiger partial charge < -0.3 is 4.90 Å². The van der Waals surface area contributed by atoms with E-state index >= 15 is 0 Å². The summed E-state index contributed by atoms with van der Waals surface area (Å²) in [5.74, 6) is -0.00187. The van der Waals surface area contributed by atoms with E-state index in [2.05, 4.69) is 29.2 Å². The van der Waals surface area contributed by atoms with Crippen molar-refractivity contribution in [2.24, 2.45) is 0 Å². The molecule has 1 fully saturated rings. The van der Waals surface area contributed by atoms with Crippen molar-refractivity contribution in [1.82, 2.24) is 4.90 Å². The Morgan fingerprint density at radius 2 is 1.71 bits per heavy atom. The smallest absolute Gasteiger partial charge is 0.266 e. The van der Waals surface area contributed by atoms with Crippen molar-refractivity contribution in [3.8, 4) is 0 Å². The Balaban J connectivity index is 1.79. The van der Waals surface area contributed by atoms with Crippen LogP contribution in [0.4, 0.5) is 11.4 Å². The van der Waals surface area contributed by atoms with E-state index in [4.69, 9.17) is 12.2 Å². The Kier molecular flexibility index (Phi) is 5.02. The number of hydrogen-bond donors (Lipinski definition) is 0. The molecule has 0 aromatic heterocycles. The molecule has 5 heteroatoms. The maximum Gasteiger partial charge on any atom is 0.266 e. The summed E-state index contributed by atoms with van der Waals surface area (Å²) in [5, 5.41) is 0. The van der Waals surface area contributed by atoms with Gasteiger partial charge in [-0.25, -0.2) is 0 Å². The number of anilines is 2. The minimum atomic E-state index is -0.00187. The number of hydrogen-bond acceptors (Lipinski definition) is 4. The second kappa shape index (κ2) is 7.20. The SMILES string of the molecule is CCN1C(=O)/C(=C/c2ccc(N(C)c3ccccc3)cc2)SC1=S. The molecule has 0 bridgehead atoms. The Morgan fingerprint density at radius 3 is 2.29 bits per heavy atom. The number of amides is 1. The van der Waals surface area contributed by atoms with Gasteiger partial charge >= 0.3 is 0 Å². The third-order valence-electron chi connectivity index (χ3n) is 3.91.